The van der Waals surface area contributed by atoms with E-state index in [0.717, 1.165) is 6.42 Å². The first-order chi connectivity index (χ1) is 10.2. The van der Waals surface area contributed by atoms with Gasteiger partial charge in [0, 0.05) is 37.6 Å². The van der Waals surface area contributed by atoms with Gasteiger partial charge in [0.05, 0.1) is 6.61 Å². The molecule has 0 saturated heterocycles. The van der Waals surface area contributed by atoms with Gasteiger partial charge in [0.2, 0.25) is 11.8 Å². The average molecular weight is 290 g/mol. The molecule has 1 aliphatic heterocycles. The normalized spacial score (nSPS) is 14.1. The standard InChI is InChI=1S/C14H15FN4O2/c15-11-12(10-2-4-16-5-3-10)17-14-18(8-9-20)6-1-7-19(14)13(11)21/h2-5,20H,1,6-9H2. The molecule has 0 atom stereocenters. The summed E-state index contributed by atoms with van der Waals surface area (Å²) in [5.41, 5.74) is -0.134. The average Bonchev–Trinajstić information content (AvgIpc) is 2.52. The molecule has 0 unspecified atom stereocenters. The van der Waals surface area contributed by atoms with E-state index >= 15 is 0 Å². The molecule has 21 heavy (non-hydrogen) atoms. The maximum Gasteiger partial charge on any atom is 0.291 e. The number of aliphatic hydroxyl groups excluding tert-OH is 1. The summed E-state index contributed by atoms with van der Waals surface area (Å²) in [5, 5.41) is 9.12. The van der Waals surface area contributed by atoms with Gasteiger partial charge in [-0.3, -0.25) is 14.3 Å². The number of nitrogens with zero attached hydrogens (tertiary/aromatic N) is 4. The van der Waals surface area contributed by atoms with Crippen molar-refractivity contribution in [3.8, 4) is 11.3 Å². The number of pyridine rings is 1. The van der Waals surface area contributed by atoms with Crippen LogP contribution in [0, 0.1) is 5.82 Å². The second-order valence-corrected chi connectivity index (χ2v) is 4.83. The molecule has 1 N–H and O–H groups in total. The Morgan fingerprint density at radius 1 is 1.29 bits per heavy atom. The van der Waals surface area contributed by atoms with Crippen molar-refractivity contribution >= 4 is 5.95 Å². The number of fused-ring (bicyclic) bond motifs is 1. The Hall–Kier alpha value is -2.28. The number of aliphatic hydroxyl groups is 1. The third-order valence-corrected chi connectivity index (χ3v) is 3.51. The molecule has 0 aromatic carbocycles. The number of hydrogen-bond acceptors (Lipinski definition) is 5. The summed E-state index contributed by atoms with van der Waals surface area (Å²) in [7, 11) is 0. The molecular weight excluding hydrogens is 275 g/mol. The molecule has 7 heteroatoms. The van der Waals surface area contributed by atoms with Gasteiger partial charge in [0.1, 0.15) is 5.69 Å². The van der Waals surface area contributed by atoms with E-state index in [4.69, 9.17) is 5.11 Å². The van der Waals surface area contributed by atoms with Crippen LogP contribution in [0.5, 0.6) is 0 Å². The van der Waals surface area contributed by atoms with E-state index < -0.39 is 11.4 Å². The Kier molecular flexibility index (Phi) is 3.66. The van der Waals surface area contributed by atoms with E-state index in [-0.39, 0.29) is 12.3 Å². The number of β-amino-alcohol motifs (C(OH)–C–C–N with tert-alkyl or cyclic N) is 1. The minimum absolute atomic E-state index is 0.0264. The maximum absolute atomic E-state index is 14.3. The SMILES string of the molecule is O=c1c(F)c(-c2ccncc2)nc2n1CCCN2CCO. The van der Waals surface area contributed by atoms with Crippen molar-refractivity contribution in [2.24, 2.45) is 0 Å². The summed E-state index contributed by atoms with van der Waals surface area (Å²) in [6.45, 7) is 1.46. The minimum atomic E-state index is -0.851. The fraction of sp³-hybridized carbons (Fsp3) is 0.357. The van der Waals surface area contributed by atoms with Gasteiger partial charge in [-0.05, 0) is 18.6 Å². The van der Waals surface area contributed by atoms with E-state index in [1.54, 1.807) is 17.0 Å². The fourth-order valence-electron chi connectivity index (χ4n) is 2.52. The van der Waals surface area contributed by atoms with Crippen LogP contribution < -0.4 is 10.5 Å². The number of rotatable bonds is 3. The second-order valence-electron chi connectivity index (χ2n) is 4.83. The van der Waals surface area contributed by atoms with Crippen LogP contribution in [-0.4, -0.2) is 39.3 Å². The Morgan fingerprint density at radius 3 is 2.76 bits per heavy atom. The summed E-state index contributed by atoms with van der Waals surface area (Å²) in [4.78, 5) is 22.2. The van der Waals surface area contributed by atoms with Crippen LogP contribution in [0.1, 0.15) is 6.42 Å². The summed E-state index contributed by atoms with van der Waals surface area (Å²) in [6.07, 6.45) is 3.78. The van der Waals surface area contributed by atoms with Crippen molar-refractivity contribution in [3.63, 3.8) is 0 Å². The van der Waals surface area contributed by atoms with Gasteiger partial charge in [0.15, 0.2) is 0 Å². The van der Waals surface area contributed by atoms with Gasteiger partial charge < -0.3 is 10.0 Å². The highest BCUT2D eigenvalue weighted by Crippen LogP contribution is 2.23. The summed E-state index contributed by atoms with van der Waals surface area (Å²) >= 11 is 0. The van der Waals surface area contributed by atoms with Gasteiger partial charge in [-0.25, -0.2) is 4.98 Å². The predicted octanol–water partition coefficient (Wildman–Crippen LogP) is 0.647. The Bertz CT molecular complexity index is 702. The fourth-order valence-corrected chi connectivity index (χ4v) is 2.52. The largest absolute Gasteiger partial charge is 0.395 e. The van der Waals surface area contributed by atoms with Crippen molar-refractivity contribution in [2.45, 2.75) is 13.0 Å². The quantitative estimate of drug-likeness (QED) is 0.898. The van der Waals surface area contributed by atoms with E-state index in [1.807, 2.05) is 0 Å². The van der Waals surface area contributed by atoms with E-state index in [2.05, 4.69) is 9.97 Å². The Balaban J connectivity index is 2.18. The van der Waals surface area contributed by atoms with Crippen molar-refractivity contribution in [2.75, 3.05) is 24.6 Å². The number of halogens is 1. The highest BCUT2D eigenvalue weighted by molar-refractivity contribution is 5.60. The summed E-state index contributed by atoms with van der Waals surface area (Å²) in [6, 6.07) is 3.22. The summed E-state index contributed by atoms with van der Waals surface area (Å²) in [5.74, 6) is -0.440. The van der Waals surface area contributed by atoms with Gasteiger partial charge in [-0.2, -0.15) is 4.39 Å². The molecule has 6 nitrogen and oxygen atoms in total. The second kappa shape index (κ2) is 5.61. The number of hydrogen-bond donors (Lipinski definition) is 1. The molecule has 0 bridgehead atoms. The molecule has 0 radical (unpaired) electrons. The molecule has 1 aliphatic rings. The van der Waals surface area contributed by atoms with Crippen molar-refractivity contribution in [1.82, 2.24) is 14.5 Å². The zero-order valence-corrected chi connectivity index (χ0v) is 11.4. The van der Waals surface area contributed by atoms with Crippen LogP contribution in [0.4, 0.5) is 10.3 Å². The van der Waals surface area contributed by atoms with Crippen LogP contribution in [0.25, 0.3) is 11.3 Å². The lowest BCUT2D eigenvalue weighted by molar-refractivity contribution is 0.297. The van der Waals surface area contributed by atoms with Gasteiger partial charge in [-0.15, -0.1) is 0 Å². The molecular formula is C14H15FN4O2. The molecule has 3 heterocycles. The van der Waals surface area contributed by atoms with E-state index in [1.165, 1.54) is 17.0 Å². The van der Waals surface area contributed by atoms with Crippen LogP contribution in [-0.2, 0) is 6.54 Å². The smallest absolute Gasteiger partial charge is 0.291 e. The lowest BCUT2D eigenvalue weighted by Gasteiger charge is -2.30. The molecule has 0 amide bonds. The van der Waals surface area contributed by atoms with Gasteiger partial charge >= 0.3 is 0 Å². The predicted molar refractivity (Wildman–Crippen MR) is 75.6 cm³/mol. The van der Waals surface area contributed by atoms with E-state index in [0.29, 0.717) is 31.1 Å². The molecule has 0 aliphatic carbocycles. The van der Waals surface area contributed by atoms with Crippen molar-refractivity contribution < 1.29 is 9.50 Å². The number of anilines is 1. The Morgan fingerprint density at radius 2 is 2.05 bits per heavy atom. The zero-order valence-electron chi connectivity index (χ0n) is 11.4. The van der Waals surface area contributed by atoms with Crippen LogP contribution in [0.15, 0.2) is 29.3 Å². The van der Waals surface area contributed by atoms with E-state index in [9.17, 15) is 9.18 Å². The topological polar surface area (TPSA) is 71.2 Å². The van der Waals surface area contributed by atoms with Crippen LogP contribution in [0.2, 0.25) is 0 Å². The lowest BCUT2D eigenvalue weighted by atomic mass is 10.2. The van der Waals surface area contributed by atoms with Gasteiger partial charge in [-0.1, -0.05) is 0 Å². The van der Waals surface area contributed by atoms with Crippen LogP contribution >= 0.6 is 0 Å². The molecule has 0 fully saturated rings. The minimum Gasteiger partial charge on any atom is -0.395 e. The molecule has 0 spiro atoms. The first-order valence-corrected chi connectivity index (χ1v) is 6.79. The highest BCUT2D eigenvalue weighted by atomic mass is 19.1. The first-order valence-electron chi connectivity index (χ1n) is 6.79. The number of aromatic nitrogens is 3. The third-order valence-electron chi connectivity index (χ3n) is 3.51. The van der Waals surface area contributed by atoms with Crippen molar-refractivity contribution in [3.05, 3.63) is 40.7 Å². The highest BCUT2D eigenvalue weighted by Gasteiger charge is 2.24. The summed E-state index contributed by atoms with van der Waals surface area (Å²) < 4.78 is 15.6. The maximum atomic E-state index is 14.3. The molecule has 3 rings (SSSR count). The van der Waals surface area contributed by atoms with Gasteiger partial charge in [0.25, 0.3) is 5.56 Å². The zero-order chi connectivity index (χ0) is 14.8. The van der Waals surface area contributed by atoms with Crippen molar-refractivity contribution in [1.29, 1.82) is 0 Å². The molecule has 2 aromatic rings. The monoisotopic (exact) mass is 290 g/mol. The molecule has 110 valence electrons. The lowest BCUT2D eigenvalue weighted by Crippen LogP contribution is -2.41. The first kappa shape index (κ1) is 13.7. The third kappa shape index (κ3) is 2.40. The van der Waals surface area contributed by atoms with Crippen LogP contribution in [0.3, 0.4) is 0 Å². The molecule has 0 saturated carbocycles. The molecule has 2 aromatic heterocycles. The Labute approximate surface area is 120 Å².